The molecule has 0 radical (unpaired) electrons. The van der Waals surface area contributed by atoms with Crippen molar-refractivity contribution < 1.29 is 4.79 Å². The molecule has 0 bridgehead atoms. The van der Waals surface area contributed by atoms with Gasteiger partial charge in [0.05, 0.1) is 16.9 Å². The fourth-order valence-corrected chi connectivity index (χ4v) is 4.12. The number of halogens is 1. The molecule has 1 aromatic carbocycles. The molecule has 1 aliphatic carbocycles. The molecular formula is C22H19ClN6O. The summed E-state index contributed by atoms with van der Waals surface area (Å²) in [6.07, 6.45) is 5.99. The summed E-state index contributed by atoms with van der Waals surface area (Å²) in [7, 11) is 0. The smallest absolute Gasteiger partial charge is 0.229 e. The Kier molecular flexibility index (Phi) is 4.40. The minimum absolute atomic E-state index is 0.0645. The van der Waals surface area contributed by atoms with E-state index in [-0.39, 0.29) is 17.7 Å². The van der Waals surface area contributed by atoms with E-state index >= 15 is 0 Å². The highest BCUT2D eigenvalue weighted by molar-refractivity contribution is 6.38. The number of nitrogens with two attached hydrogens (primary N) is 1. The molecule has 4 aromatic rings. The van der Waals surface area contributed by atoms with Gasteiger partial charge in [-0.05, 0) is 36.5 Å². The van der Waals surface area contributed by atoms with Crippen molar-refractivity contribution in [3.05, 3.63) is 65.1 Å². The molecule has 30 heavy (non-hydrogen) atoms. The van der Waals surface area contributed by atoms with Crippen LogP contribution in [0.5, 0.6) is 0 Å². The van der Waals surface area contributed by atoms with Gasteiger partial charge < -0.3 is 11.1 Å². The maximum atomic E-state index is 12.6. The summed E-state index contributed by atoms with van der Waals surface area (Å²) >= 11 is 6.73. The normalized spacial score (nSPS) is 17.8. The molecule has 1 fully saturated rings. The second-order valence-corrected chi connectivity index (χ2v) is 7.94. The van der Waals surface area contributed by atoms with Crippen LogP contribution in [0.1, 0.15) is 23.5 Å². The molecule has 2 atom stereocenters. The molecule has 150 valence electrons. The number of rotatable bonds is 4. The van der Waals surface area contributed by atoms with Crippen LogP contribution in [0, 0.1) is 12.8 Å². The number of pyridine rings is 2. The molecule has 8 heteroatoms. The molecule has 3 heterocycles. The van der Waals surface area contributed by atoms with Gasteiger partial charge in [-0.1, -0.05) is 35.9 Å². The van der Waals surface area contributed by atoms with Crippen LogP contribution in [-0.2, 0) is 4.79 Å². The number of benzene rings is 1. The first kappa shape index (κ1) is 18.6. The van der Waals surface area contributed by atoms with Gasteiger partial charge in [-0.2, -0.15) is 5.10 Å². The quantitative estimate of drug-likeness (QED) is 0.457. The number of aromatic nitrogens is 4. The van der Waals surface area contributed by atoms with E-state index in [1.54, 1.807) is 18.5 Å². The number of hydrogen-bond donors (Lipinski definition) is 3. The fourth-order valence-electron chi connectivity index (χ4n) is 3.82. The summed E-state index contributed by atoms with van der Waals surface area (Å²) in [5, 5.41) is 11.5. The van der Waals surface area contributed by atoms with Gasteiger partial charge in [-0.15, -0.1) is 0 Å². The van der Waals surface area contributed by atoms with E-state index in [0.29, 0.717) is 33.1 Å². The molecule has 0 aliphatic heterocycles. The van der Waals surface area contributed by atoms with E-state index in [1.165, 1.54) is 0 Å². The second kappa shape index (κ2) is 7.11. The predicted octanol–water partition coefficient (Wildman–Crippen LogP) is 4.31. The Balaban J connectivity index is 1.47. The summed E-state index contributed by atoms with van der Waals surface area (Å²) in [5.41, 5.74) is 9.82. The van der Waals surface area contributed by atoms with Gasteiger partial charge >= 0.3 is 0 Å². The Morgan fingerprint density at radius 3 is 2.87 bits per heavy atom. The first-order chi connectivity index (χ1) is 14.5. The van der Waals surface area contributed by atoms with Crippen LogP contribution in [0.25, 0.3) is 22.0 Å². The molecule has 5 rings (SSSR count). The van der Waals surface area contributed by atoms with Gasteiger partial charge in [0, 0.05) is 34.6 Å². The number of H-pyrrole nitrogens is 1. The van der Waals surface area contributed by atoms with Gasteiger partial charge in [-0.25, -0.2) is 9.97 Å². The third kappa shape index (κ3) is 3.17. The molecule has 0 spiro atoms. The van der Waals surface area contributed by atoms with Crippen molar-refractivity contribution in [3.63, 3.8) is 0 Å². The van der Waals surface area contributed by atoms with E-state index in [2.05, 4.69) is 25.5 Å². The number of aromatic amines is 1. The summed E-state index contributed by atoms with van der Waals surface area (Å²) in [6.45, 7) is 2.00. The van der Waals surface area contributed by atoms with Crippen LogP contribution in [0.3, 0.4) is 0 Å². The molecular weight excluding hydrogens is 400 g/mol. The standard InChI is InChI=1S/C22H19ClN6O/c1-11-4-2-3-5-13(11)20-19(23)15-7-18(25-10-17(15)21(24)29-20)28-22(30)16-6-14(16)12-8-26-27-9-12/h2-5,7-10,14,16H,6H2,1H3,(H2,24,29)(H,26,27)(H,25,28,30)/t14-,16+/m0/s1. The van der Waals surface area contributed by atoms with Gasteiger partial charge in [-0.3, -0.25) is 9.89 Å². The van der Waals surface area contributed by atoms with Crippen LogP contribution in [0.15, 0.2) is 48.9 Å². The maximum absolute atomic E-state index is 12.6. The average molecular weight is 419 g/mol. The number of carbonyl (C=O) groups excluding carboxylic acids is 1. The van der Waals surface area contributed by atoms with Crippen LogP contribution in [0.4, 0.5) is 11.6 Å². The van der Waals surface area contributed by atoms with Crippen LogP contribution in [0.2, 0.25) is 5.02 Å². The predicted molar refractivity (Wildman–Crippen MR) is 117 cm³/mol. The number of amides is 1. The Labute approximate surface area is 177 Å². The van der Waals surface area contributed by atoms with Gasteiger partial charge in [0.15, 0.2) is 0 Å². The second-order valence-electron chi connectivity index (χ2n) is 7.56. The minimum atomic E-state index is -0.0828. The highest BCUT2D eigenvalue weighted by Gasteiger charge is 2.44. The first-order valence-corrected chi connectivity index (χ1v) is 10.0. The highest BCUT2D eigenvalue weighted by Crippen LogP contribution is 2.47. The zero-order valence-corrected chi connectivity index (χ0v) is 16.9. The maximum Gasteiger partial charge on any atom is 0.229 e. The molecule has 1 aliphatic rings. The van der Waals surface area contributed by atoms with Crippen molar-refractivity contribution in [1.82, 2.24) is 20.2 Å². The Bertz CT molecular complexity index is 1270. The number of aryl methyl sites for hydroxylation is 1. The molecule has 0 saturated heterocycles. The van der Waals surface area contributed by atoms with Crippen LogP contribution >= 0.6 is 11.6 Å². The molecule has 1 saturated carbocycles. The van der Waals surface area contributed by atoms with Gasteiger partial charge in [0.25, 0.3) is 0 Å². The number of nitrogen functional groups attached to an aromatic ring is 1. The van der Waals surface area contributed by atoms with E-state index in [0.717, 1.165) is 23.1 Å². The van der Waals surface area contributed by atoms with E-state index in [1.807, 2.05) is 37.4 Å². The molecule has 4 N–H and O–H groups in total. The third-order valence-electron chi connectivity index (χ3n) is 5.58. The molecule has 7 nitrogen and oxygen atoms in total. The lowest BCUT2D eigenvalue weighted by Crippen LogP contribution is -2.15. The van der Waals surface area contributed by atoms with E-state index < -0.39 is 0 Å². The molecule has 1 amide bonds. The number of nitrogens with zero attached hydrogens (tertiary/aromatic N) is 3. The molecule has 3 aromatic heterocycles. The number of anilines is 2. The zero-order valence-electron chi connectivity index (χ0n) is 16.2. The number of fused-ring (bicyclic) bond motifs is 1. The van der Waals surface area contributed by atoms with E-state index in [9.17, 15) is 4.79 Å². The minimum Gasteiger partial charge on any atom is -0.383 e. The van der Waals surface area contributed by atoms with Crippen LogP contribution in [-0.4, -0.2) is 26.1 Å². The van der Waals surface area contributed by atoms with Crippen molar-refractivity contribution in [1.29, 1.82) is 0 Å². The average Bonchev–Trinajstić information content (AvgIpc) is 3.36. The summed E-state index contributed by atoms with van der Waals surface area (Å²) in [6, 6.07) is 9.61. The summed E-state index contributed by atoms with van der Waals surface area (Å²) < 4.78 is 0. The van der Waals surface area contributed by atoms with Gasteiger partial charge in [0.1, 0.15) is 11.6 Å². The first-order valence-electron chi connectivity index (χ1n) is 9.63. The fraction of sp³-hybridized carbons (Fsp3) is 0.182. The lowest BCUT2D eigenvalue weighted by atomic mass is 10.0. The Hall–Kier alpha value is -3.45. The summed E-state index contributed by atoms with van der Waals surface area (Å²) in [4.78, 5) is 21.5. The van der Waals surface area contributed by atoms with Gasteiger partial charge in [0.2, 0.25) is 5.91 Å². The van der Waals surface area contributed by atoms with Crippen LogP contribution < -0.4 is 11.1 Å². The Morgan fingerprint density at radius 1 is 1.27 bits per heavy atom. The van der Waals surface area contributed by atoms with Crippen molar-refractivity contribution in [2.75, 3.05) is 11.1 Å². The number of carbonyl (C=O) groups is 1. The van der Waals surface area contributed by atoms with Crippen molar-refractivity contribution >= 4 is 39.9 Å². The topological polar surface area (TPSA) is 110 Å². The highest BCUT2D eigenvalue weighted by atomic mass is 35.5. The number of hydrogen-bond acceptors (Lipinski definition) is 5. The lowest BCUT2D eigenvalue weighted by Gasteiger charge is -2.13. The molecule has 0 unspecified atom stereocenters. The van der Waals surface area contributed by atoms with Crippen molar-refractivity contribution in [2.45, 2.75) is 19.3 Å². The monoisotopic (exact) mass is 418 g/mol. The summed E-state index contributed by atoms with van der Waals surface area (Å²) in [5.74, 6) is 0.833. The number of nitrogens with one attached hydrogen (secondary N) is 2. The van der Waals surface area contributed by atoms with Crippen molar-refractivity contribution in [3.8, 4) is 11.3 Å². The van der Waals surface area contributed by atoms with Crippen molar-refractivity contribution in [2.24, 2.45) is 5.92 Å². The third-order valence-corrected chi connectivity index (χ3v) is 5.97. The Morgan fingerprint density at radius 2 is 2.10 bits per heavy atom. The zero-order chi connectivity index (χ0) is 20.8. The SMILES string of the molecule is Cc1ccccc1-c1nc(N)c2cnc(NC(=O)[C@@H]3C[C@H]3c3cn[nH]c3)cc2c1Cl. The van der Waals surface area contributed by atoms with E-state index in [4.69, 9.17) is 17.3 Å². The lowest BCUT2D eigenvalue weighted by molar-refractivity contribution is -0.117. The largest absolute Gasteiger partial charge is 0.383 e.